The minimum atomic E-state index is 0.151. The SMILES string of the molecule is [B]c1c([B])c([B])c(-c2cccc(-c3ccccc3)c2-n2c3ccccc3c3ccc4c5ccccc5n(-c5nc(-c6ccc(-c7ccccc7)cc6)nc(-c6ccc(-c7ccccc7)cc6)n5)c4c32)c([B])c1[B]. The molecule has 5 nitrogen and oxygen atoms in total. The molecule has 0 unspecified atom stereocenters. The predicted octanol–water partition coefficient (Wildman–Crippen LogP) is 10.0. The van der Waals surface area contributed by atoms with Crippen LogP contribution in [-0.4, -0.2) is 63.3 Å². The molecule has 3 aromatic heterocycles. The Kier molecular flexibility index (Phi) is 10.7. The topological polar surface area (TPSA) is 48.5 Å². The highest BCUT2D eigenvalue weighted by atomic mass is 15.2. The van der Waals surface area contributed by atoms with E-state index in [0.717, 1.165) is 99.4 Å². The molecule has 0 aliphatic rings. The van der Waals surface area contributed by atoms with Crippen LogP contribution in [0.3, 0.4) is 0 Å². The zero-order valence-corrected chi connectivity index (χ0v) is 39.4. The summed E-state index contributed by atoms with van der Waals surface area (Å²) in [6, 6.07) is 75.3. The highest BCUT2D eigenvalue weighted by Gasteiger charge is 2.27. The first-order valence-electron chi connectivity index (χ1n) is 24.1. The standard InChI is InChI=1S/C63H36B5N5/c64-53-52(54(65)56(67)57(68)55(53)66)49-24-14-23-44(41-19-8-3-9-20-41)58(49)72-50-25-12-10-21-45(50)47-35-36-48-46-22-11-13-26-51(46)73(60(48)59(47)72)63-70-61(42-31-27-39(28-32-42)37-15-4-1-5-16-37)69-62(71-63)43-33-29-40(30-34-43)38-17-6-2-7-18-38/h1-36H. The van der Waals surface area contributed by atoms with Crippen LogP contribution in [0.4, 0.5) is 0 Å². The Morgan fingerprint density at radius 1 is 0.274 bits per heavy atom. The molecule has 0 saturated heterocycles. The van der Waals surface area contributed by atoms with Gasteiger partial charge in [0.1, 0.15) is 39.2 Å². The Morgan fingerprint density at radius 2 is 0.658 bits per heavy atom. The lowest BCUT2D eigenvalue weighted by molar-refractivity contribution is 0.953. The molecule has 0 amide bonds. The summed E-state index contributed by atoms with van der Waals surface area (Å²) in [5, 5.41) is 4.09. The van der Waals surface area contributed by atoms with Gasteiger partial charge in [0.2, 0.25) is 5.95 Å². The van der Waals surface area contributed by atoms with Crippen LogP contribution in [0.1, 0.15) is 0 Å². The highest BCUT2D eigenvalue weighted by molar-refractivity contribution is 6.68. The van der Waals surface area contributed by atoms with E-state index in [2.05, 4.69) is 185 Å². The first-order chi connectivity index (χ1) is 35.8. The summed E-state index contributed by atoms with van der Waals surface area (Å²) in [6.07, 6.45) is 0. The van der Waals surface area contributed by atoms with Crippen LogP contribution >= 0.6 is 0 Å². The maximum Gasteiger partial charge on any atom is 0.238 e. The van der Waals surface area contributed by atoms with Gasteiger partial charge in [-0.15, -0.1) is 16.4 Å². The third-order valence-electron chi connectivity index (χ3n) is 14.1. The maximum atomic E-state index is 6.99. The Labute approximate surface area is 429 Å². The van der Waals surface area contributed by atoms with Crippen LogP contribution in [0, 0.1) is 0 Å². The largest absolute Gasteiger partial charge is 0.306 e. The van der Waals surface area contributed by atoms with Crippen LogP contribution in [0.15, 0.2) is 218 Å². The maximum absolute atomic E-state index is 6.99. The first-order valence-corrected chi connectivity index (χ1v) is 24.1. The van der Waals surface area contributed by atoms with Crippen molar-refractivity contribution in [2.45, 2.75) is 0 Å². The summed E-state index contributed by atoms with van der Waals surface area (Å²) >= 11 is 0. The number of fused-ring (bicyclic) bond motifs is 7. The lowest BCUT2D eigenvalue weighted by Gasteiger charge is -2.25. The molecular formula is C63H36B5N5. The summed E-state index contributed by atoms with van der Waals surface area (Å²) in [5.41, 5.74) is 14.8. The van der Waals surface area contributed by atoms with Gasteiger partial charge in [0.05, 0.1) is 27.8 Å². The van der Waals surface area contributed by atoms with Crippen molar-refractivity contribution in [2.24, 2.45) is 0 Å². The van der Waals surface area contributed by atoms with Gasteiger partial charge in [-0.1, -0.05) is 217 Å². The van der Waals surface area contributed by atoms with E-state index in [4.69, 9.17) is 54.2 Å². The number of hydrogen-bond donors (Lipinski definition) is 0. The fraction of sp³-hybridized carbons (Fsp3) is 0. The smallest absolute Gasteiger partial charge is 0.238 e. The van der Waals surface area contributed by atoms with Crippen molar-refractivity contribution in [3.8, 4) is 78.9 Å². The van der Waals surface area contributed by atoms with Crippen LogP contribution in [-0.2, 0) is 0 Å². The summed E-state index contributed by atoms with van der Waals surface area (Å²) in [7, 11) is 33.7. The Morgan fingerprint density at radius 3 is 1.16 bits per heavy atom. The van der Waals surface area contributed by atoms with E-state index >= 15 is 0 Å². The molecule has 10 radical (unpaired) electrons. The van der Waals surface area contributed by atoms with Gasteiger partial charge in [-0.25, -0.2) is 4.98 Å². The Hall–Kier alpha value is -8.87. The second-order valence-electron chi connectivity index (χ2n) is 18.2. The molecule has 0 N–H and O–H groups in total. The zero-order valence-electron chi connectivity index (χ0n) is 39.4. The predicted molar refractivity (Wildman–Crippen MR) is 308 cm³/mol. The minimum absolute atomic E-state index is 0.151. The van der Waals surface area contributed by atoms with Gasteiger partial charge in [-0.3, -0.25) is 4.57 Å². The molecule has 0 aliphatic carbocycles. The Balaban J connectivity index is 1.15. The Bertz CT molecular complexity index is 4160. The van der Waals surface area contributed by atoms with Crippen molar-refractivity contribution < 1.29 is 0 Å². The van der Waals surface area contributed by atoms with E-state index in [0.29, 0.717) is 23.2 Å². The molecule has 0 aliphatic heterocycles. The van der Waals surface area contributed by atoms with Gasteiger partial charge >= 0.3 is 0 Å². The van der Waals surface area contributed by atoms with Gasteiger partial charge in [-0.05, 0) is 45.5 Å². The van der Waals surface area contributed by atoms with Crippen LogP contribution < -0.4 is 27.3 Å². The lowest BCUT2D eigenvalue weighted by atomic mass is 9.59. The molecule has 0 fully saturated rings. The summed E-state index contributed by atoms with van der Waals surface area (Å²) in [4.78, 5) is 16.1. The van der Waals surface area contributed by atoms with E-state index in [-0.39, 0.29) is 27.3 Å². The van der Waals surface area contributed by atoms with Crippen molar-refractivity contribution in [1.29, 1.82) is 0 Å². The van der Waals surface area contributed by atoms with Gasteiger partial charge in [-0.2, -0.15) is 9.97 Å². The second-order valence-corrected chi connectivity index (χ2v) is 18.2. The van der Waals surface area contributed by atoms with Crippen molar-refractivity contribution in [3.63, 3.8) is 0 Å². The normalized spacial score (nSPS) is 11.6. The summed E-state index contributed by atoms with van der Waals surface area (Å²) in [6.45, 7) is 0. The molecule has 328 valence electrons. The number of rotatable bonds is 8. The molecule has 10 aromatic carbocycles. The third kappa shape index (κ3) is 7.27. The van der Waals surface area contributed by atoms with E-state index in [1.54, 1.807) is 0 Å². The van der Waals surface area contributed by atoms with Crippen LogP contribution in [0.25, 0.3) is 123 Å². The van der Waals surface area contributed by atoms with E-state index < -0.39 is 0 Å². The van der Waals surface area contributed by atoms with Crippen molar-refractivity contribution in [3.05, 3.63) is 218 Å². The minimum Gasteiger partial charge on any atom is -0.306 e. The number of para-hydroxylation sites is 3. The lowest BCUT2D eigenvalue weighted by Crippen LogP contribution is -2.55. The van der Waals surface area contributed by atoms with Gasteiger partial charge in [0.25, 0.3) is 0 Å². The van der Waals surface area contributed by atoms with Crippen LogP contribution in [0.2, 0.25) is 0 Å². The van der Waals surface area contributed by atoms with Gasteiger partial charge in [0.15, 0.2) is 11.6 Å². The molecule has 0 saturated carbocycles. The second kappa shape index (κ2) is 17.8. The summed E-state index contributed by atoms with van der Waals surface area (Å²) < 4.78 is 4.52. The number of benzene rings is 10. The average molecular weight is 917 g/mol. The van der Waals surface area contributed by atoms with E-state index in [1.807, 2.05) is 42.5 Å². The number of aromatic nitrogens is 5. The van der Waals surface area contributed by atoms with E-state index in [9.17, 15) is 0 Å². The average Bonchev–Trinajstić information content (AvgIpc) is 3.98. The molecule has 0 spiro atoms. The number of nitrogens with zero attached hydrogens (tertiary/aromatic N) is 5. The zero-order chi connectivity index (χ0) is 49.3. The summed E-state index contributed by atoms with van der Waals surface area (Å²) in [5.74, 6) is 1.53. The molecule has 10 heteroatoms. The molecular weight excluding hydrogens is 881 g/mol. The van der Waals surface area contributed by atoms with Crippen molar-refractivity contribution in [1.82, 2.24) is 24.1 Å². The fourth-order valence-electron chi connectivity index (χ4n) is 10.5. The van der Waals surface area contributed by atoms with Crippen molar-refractivity contribution >= 4 is 110 Å². The first kappa shape index (κ1) is 44.1. The van der Waals surface area contributed by atoms with Gasteiger partial charge in [0, 0.05) is 43.8 Å². The fourth-order valence-corrected chi connectivity index (χ4v) is 10.5. The third-order valence-corrected chi connectivity index (χ3v) is 14.1. The molecule has 13 aromatic rings. The van der Waals surface area contributed by atoms with Gasteiger partial charge < -0.3 is 4.57 Å². The monoisotopic (exact) mass is 917 g/mol. The molecule has 13 rings (SSSR count). The molecule has 0 atom stereocenters. The van der Waals surface area contributed by atoms with E-state index in [1.165, 1.54) is 0 Å². The highest BCUT2D eigenvalue weighted by Crippen LogP contribution is 2.45. The molecule has 73 heavy (non-hydrogen) atoms. The van der Waals surface area contributed by atoms with Crippen LogP contribution in [0.5, 0.6) is 0 Å². The molecule has 0 bridgehead atoms. The number of hydrogen-bond acceptors (Lipinski definition) is 3. The quantitative estimate of drug-likeness (QED) is 0.143. The molecule has 3 heterocycles. The van der Waals surface area contributed by atoms with Crippen molar-refractivity contribution in [2.75, 3.05) is 0 Å².